The molecule has 0 bridgehead atoms. The van der Waals surface area contributed by atoms with Gasteiger partial charge in [0.05, 0.1) is 0 Å². The van der Waals surface area contributed by atoms with Crippen molar-refractivity contribution in [3.8, 4) is 22.3 Å². The lowest BCUT2D eigenvalue weighted by molar-refractivity contribution is 1.36. The summed E-state index contributed by atoms with van der Waals surface area (Å²) >= 11 is 0. The third kappa shape index (κ3) is 2.83. The van der Waals surface area contributed by atoms with Crippen LogP contribution in [0.4, 0.5) is 0 Å². The lowest BCUT2D eigenvalue weighted by Gasteiger charge is -2.20. The van der Waals surface area contributed by atoms with Crippen molar-refractivity contribution in [2.75, 3.05) is 0 Å². The highest BCUT2D eigenvalue weighted by Crippen LogP contribution is 2.45. The van der Waals surface area contributed by atoms with E-state index in [-0.39, 0.29) is 0 Å². The molecule has 0 aromatic heterocycles. The van der Waals surface area contributed by atoms with E-state index in [0.29, 0.717) is 0 Å². The molecule has 5 aromatic rings. The van der Waals surface area contributed by atoms with Crippen LogP contribution in [-0.2, 0) is 0 Å². The lowest BCUT2D eigenvalue weighted by atomic mass is 9.83. The first kappa shape index (κ1) is 18.6. The molecule has 0 radical (unpaired) electrons. The van der Waals surface area contributed by atoms with Crippen molar-refractivity contribution in [3.05, 3.63) is 107 Å². The summed E-state index contributed by atoms with van der Waals surface area (Å²) in [6.45, 7) is 8.87. The third-order valence-corrected chi connectivity index (χ3v) is 6.47. The van der Waals surface area contributed by atoms with Crippen LogP contribution >= 0.6 is 0 Å². The second-order valence-corrected chi connectivity index (χ2v) is 8.41. The van der Waals surface area contributed by atoms with Crippen LogP contribution in [0.25, 0.3) is 43.8 Å². The second kappa shape index (κ2) is 7.15. The Morgan fingerprint density at radius 3 is 1.13 bits per heavy atom. The lowest BCUT2D eigenvalue weighted by Crippen LogP contribution is -1.95. The maximum atomic E-state index is 2.39. The molecule has 0 saturated heterocycles. The Morgan fingerprint density at radius 2 is 0.733 bits per heavy atom. The Bertz CT molecular complexity index is 1310. The van der Waals surface area contributed by atoms with Gasteiger partial charge in [-0.25, -0.2) is 0 Å². The molecule has 0 heterocycles. The van der Waals surface area contributed by atoms with Crippen LogP contribution in [0.3, 0.4) is 0 Å². The molecule has 0 heteroatoms. The molecule has 0 atom stereocenters. The summed E-state index contributed by atoms with van der Waals surface area (Å²) in [6.07, 6.45) is 0. The van der Waals surface area contributed by atoms with Gasteiger partial charge in [-0.3, -0.25) is 0 Å². The zero-order valence-corrected chi connectivity index (χ0v) is 18.1. The van der Waals surface area contributed by atoms with Gasteiger partial charge in [0.15, 0.2) is 0 Å². The van der Waals surface area contributed by atoms with Crippen molar-refractivity contribution in [1.29, 1.82) is 0 Å². The Balaban J connectivity index is 2.08. The van der Waals surface area contributed by atoms with E-state index in [4.69, 9.17) is 0 Å². The number of benzene rings is 5. The van der Waals surface area contributed by atoms with E-state index in [1.54, 1.807) is 0 Å². The Hall–Kier alpha value is -3.38. The molecular formula is C30H26. The van der Waals surface area contributed by atoms with Crippen LogP contribution in [0.15, 0.2) is 84.9 Å². The van der Waals surface area contributed by atoms with Crippen molar-refractivity contribution in [2.45, 2.75) is 27.7 Å². The number of hydrogen-bond acceptors (Lipinski definition) is 0. The summed E-state index contributed by atoms with van der Waals surface area (Å²) < 4.78 is 0. The van der Waals surface area contributed by atoms with E-state index in [2.05, 4.69) is 113 Å². The quantitative estimate of drug-likeness (QED) is 0.267. The van der Waals surface area contributed by atoms with Crippen LogP contribution in [0.2, 0.25) is 0 Å². The van der Waals surface area contributed by atoms with E-state index >= 15 is 0 Å². The molecule has 0 fully saturated rings. The van der Waals surface area contributed by atoms with Gasteiger partial charge >= 0.3 is 0 Å². The summed E-state index contributed by atoms with van der Waals surface area (Å²) in [5.41, 5.74) is 10.6. The van der Waals surface area contributed by atoms with Crippen molar-refractivity contribution in [2.24, 2.45) is 0 Å². The molecule has 0 unspecified atom stereocenters. The smallest absolute Gasteiger partial charge is 0.00236 e. The maximum absolute atomic E-state index is 2.39. The molecule has 0 nitrogen and oxygen atoms in total. The van der Waals surface area contributed by atoms with Gasteiger partial charge in [0, 0.05) is 0 Å². The van der Waals surface area contributed by atoms with Crippen molar-refractivity contribution >= 4 is 21.5 Å². The van der Waals surface area contributed by atoms with Gasteiger partial charge in [-0.05, 0) is 93.7 Å². The van der Waals surface area contributed by atoms with Crippen molar-refractivity contribution in [3.63, 3.8) is 0 Å². The molecule has 0 spiro atoms. The molecule has 5 aromatic carbocycles. The molecule has 146 valence electrons. The fourth-order valence-corrected chi connectivity index (χ4v) is 4.73. The second-order valence-electron chi connectivity index (χ2n) is 8.41. The van der Waals surface area contributed by atoms with Crippen LogP contribution in [0.1, 0.15) is 22.3 Å². The van der Waals surface area contributed by atoms with Gasteiger partial charge in [-0.1, -0.05) is 84.9 Å². The van der Waals surface area contributed by atoms with Gasteiger partial charge in [-0.2, -0.15) is 0 Å². The molecule has 0 aliphatic rings. The minimum atomic E-state index is 1.31. The molecule has 30 heavy (non-hydrogen) atoms. The monoisotopic (exact) mass is 386 g/mol. The third-order valence-electron chi connectivity index (χ3n) is 6.47. The van der Waals surface area contributed by atoms with Gasteiger partial charge in [-0.15, -0.1) is 0 Å². The first-order valence-corrected chi connectivity index (χ1v) is 10.6. The molecule has 0 amide bonds. The van der Waals surface area contributed by atoms with Gasteiger partial charge in [0.2, 0.25) is 0 Å². The first-order valence-electron chi connectivity index (χ1n) is 10.6. The number of hydrogen-bond donors (Lipinski definition) is 0. The summed E-state index contributed by atoms with van der Waals surface area (Å²) in [6, 6.07) is 31.2. The number of aryl methyl sites for hydroxylation is 4. The largest absolute Gasteiger partial charge is 0.0620 e. The predicted molar refractivity (Wildman–Crippen MR) is 131 cm³/mol. The van der Waals surface area contributed by atoms with Gasteiger partial charge < -0.3 is 0 Å². The highest BCUT2D eigenvalue weighted by Gasteiger charge is 2.18. The Labute approximate surface area is 178 Å². The van der Waals surface area contributed by atoms with Crippen molar-refractivity contribution in [1.82, 2.24) is 0 Å². The Kier molecular flexibility index (Phi) is 4.44. The SMILES string of the molecule is Cc1cc2c(-c3ccccc3C)c3ccccc3c(-c3ccccc3C)c2cc1C. The minimum absolute atomic E-state index is 1.31. The summed E-state index contributed by atoms with van der Waals surface area (Å²) in [7, 11) is 0. The van der Waals surface area contributed by atoms with E-state index in [9.17, 15) is 0 Å². The summed E-state index contributed by atoms with van der Waals surface area (Å²) in [4.78, 5) is 0. The van der Waals surface area contributed by atoms with Crippen LogP contribution in [0, 0.1) is 27.7 Å². The van der Waals surface area contributed by atoms with Crippen molar-refractivity contribution < 1.29 is 0 Å². The normalized spacial score (nSPS) is 11.3. The molecule has 5 rings (SSSR count). The highest BCUT2D eigenvalue weighted by molar-refractivity contribution is 6.22. The van der Waals surface area contributed by atoms with Gasteiger partial charge in [0.1, 0.15) is 0 Å². The number of rotatable bonds is 2. The topological polar surface area (TPSA) is 0 Å². The van der Waals surface area contributed by atoms with Gasteiger partial charge in [0.25, 0.3) is 0 Å². The first-order chi connectivity index (χ1) is 14.6. The van der Waals surface area contributed by atoms with Crippen LogP contribution < -0.4 is 0 Å². The fourth-order valence-electron chi connectivity index (χ4n) is 4.73. The Morgan fingerprint density at radius 1 is 0.367 bits per heavy atom. The maximum Gasteiger partial charge on any atom is -0.00236 e. The van der Waals surface area contributed by atoms with E-state index in [1.807, 2.05) is 0 Å². The summed E-state index contributed by atoms with van der Waals surface area (Å²) in [5, 5.41) is 5.32. The van der Waals surface area contributed by atoms with Crippen LogP contribution in [0.5, 0.6) is 0 Å². The zero-order chi connectivity index (χ0) is 20.8. The minimum Gasteiger partial charge on any atom is -0.0620 e. The molecule has 0 aliphatic heterocycles. The standard InChI is InChI=1S/C30H26/c1-19-11-5-7-13-23(19)29-25-15-9-10-16-26(25)30(24-14-8-6-12-20(24)2)28-18-22(4)21(3)17-27(28)29/h5-18H,1-4H3. The summed E-state index contributed by atoms with van der Waals surface area (Å²) in [5.74, 6) is 0. The molecular weight excluding hydrogens is 360 g/mol. The number of fused-ring (bicyclic) bond motifs is 2. The fraction of sp³-hybridized carbons (Fsp3) is 0.133. The molecule has 0 N–H and O–H groups in total. The predicted octanol–water partition coefficient (Wildman–Crippen LogP) is 8.56. The van der Waals surface area contributed by atoms with Crippen LogP contribution in [-0.4, -0.2) is 0 Å². The molecule has 0 saturated carbocycles. The highest BCUT2D eigenvalue weighted by atomic mass is 14.2. The average molecular weight is 387 g/mol. The zero-order valence-electron chi connectivity index (χ0n) is 18.1. The molecule has 0 aliphatic carbocycles. The average Bonchev–Trinajstić information content (AvgIpc) is 2.75. The van der Waals surface area contributed by atoms with E-state index < -0.39 is 0 Å². The van der Waals surface area contributed by atoms with E-state index in [1.165, 1.54) is 66.1 Å². The van der Waals surface area contributed by atoms with E-state index in [0.717, 1.165) is 0 Å².